The molecular formula is C28H33F3N4O2. The van der Waals surface area contributed by atoms with Crippen LogP contribution in [-0.2, 0) is 11.2 Å². The average molecular weight is 515 g/mol. The molecule has 198 valence electrons. The molecule has 0 aliphatic carbocycles. The largest absolute Gasteiger partial charge is 0.492 e. The molecule has 1 saturated heterocycles. The number of hydrogen-bond acceptors (Lipinski definition) is 4. The van der Waals surface area contributed by atoms with Crippen LogP contribution in [0.25, 0.3) is 10.9 Å². The van der Waals surface area contributed by atoms with E-state index in [2.05, 4.69) is 4.98 Å². The van der Waals surface area contributed by atoms with Crippen LogP contribution in [0.4, 0.5) is 13.2 Å². The summed E-state index contributed by atoms with van der Waals surface area (Å²) in [5.41, 5.74) is 8.12. The van der Waals surface area contributed by atoms with Gasteiger partial charge in [0, 0.05) is 78.3 Å². The second-order valence-electron chi connectivity index (χ2n) is 10.4. The first-order valence-corrected chi connectivity index (χ1v) is 12.8. The SMILES string of the molecule is C[C@H](CN1[C@H](c2c(F)cc(OCCN3CC(CF)C3)cc2F)c2[nH]c3ccccc3c2C[C@H]1C)C(N)=O. The van der Waals surface area contributed by atoms with Crippen molar-refractivity contribution in [2.24, 2.45) is 17.6 Å². The summed E-state index contributed by atoms with van der Waals surface area (Å²) in [6, 6.07) is 9.41. The number of alkyl halides is 1. The van der Waals surface area contributed by atoms with Crippen molar-refractivity contribution >= 4 is 16.8 Å². The number of hydrogen-bond donors (Lipinski definition) is 2. The molecule has 1 amide bonds. The quantitative estimate of drug-likeness (QED) is 0.449. The number of H-pyrrole nitrogens is 1. The van der Waals surface area contributed by atoms with Crippen molar-refractivity contribution in [1.29, 1.82) is 0 Å². The number of para-hydroxylation sites is 1. The van der Waals surface area contributed by atoms with Gasteiger partial charge in [0.1, 0.15) is 24.0 Å². The number of aromatic nitrogens is 1. The maximum absolute atomic E-state index is 15.7. The van der Waals surface area contributed by atoms with E-state index in [1.807, 2.05) is 41.0 Å². The molecule has 1 aromatic heterocycles. The van der Waals surface area contributed by atoms with Crippen LogP contribution in [0.15, 0.2) is 36.4 Å². The van der Waals surface area contributed by atoms with Gasteiger partial charge in [-0.15, -0.1) is 0 Å². The minimum Gasteiger partial charge on any atom is -0.492 e. The van der Waals surface area contributed by atoms with Gasteiger partial charge >= 0.3 is 0 Å². The standard InChI is InChI=1S/C28H33F3N4O2/c1-16(28(32)36)13-35-17(2)9-21-20-5-3-4-6-24(20)33-26(21)27(35)25-22(30)10-19(11-23(25)31)37-8-7-34-14-18(12-29)15-34/h3-6,10-11,16-18,27,33H,7-9,12-15H2,1-2H3,(H2,32,36)/t16-,17-,27-/m1/s1. The van der Waals surface area contributed by atoms with Gasteiger partial charge in [0.25, 0.3) is 0 Å². The molecule has 3 N–H and O–H groups in total. The van der Waals surface area contributed by atoms with Crippen LogP contribution in [0.5, 0.6) is 5.75 Å². The number of likely N-dealkylation sites (tertiary alicyclic amines) is 1. The molecule has 0 radical (unpaired) electrons. The summed E-state index contributed by atoms with van der Waals surface area (Å²) in [5, 5.41) is 1.03. The Labute approximate surface area is 214 Å². The van der Waals surface area contributed by atoms with Gasteiger partial charge in [-0.3, -0.25) is 19.0 Å². The first kappa shape index (κ1) is 25.6. The third-order valence-corrected chi connectivity index (χ3v) is 7.74. The molecule has 6 nitrogen and oxygen atoms in total. The minimum absolute atomic E-state index is 0.0711. The summed E-state index contributed by atoms with van der Waals surface area (Å²) in [5.74, 6) is -2.20. The predicted molar refractivity (Wildman–Crippen MR) is 136 cm³/mol. The van der Waals surface area contributed by atoms with Crippen molar-refractivity contribution in [2.75, 3.05) is 39.5 Å². The van der Waals surface area contributed by atoms with Gasteiger partial charge in [-0.05, 0) is 25.0 Å². The fraction of sp³-hybridized carbons (Fsp3) is 0.464. The molecule has 2 aliphatic heterocycles. The number of carbonyl (C=O) groups excluding carboxylic acids is 1. The predicted octanol–water partition coefficient (Wildman–Crippen LogP) is 4.18. The summed E-state index contributed by atoms with van der Waals surface area (Å²) in [4.78, 5) is 19.3. The molecule has 0 spiro atoms. The number of nitrogens with zero attached hydrogens (tertiary/aromatic N) is 2. The molecule has 0 unspecified atom stereocenters. The van der Waals surface area contributed by atoms with Gasteiger partial charge in [0.15, 0.2) is 0 Å². The molecule has 0 saturated carbocycles. The van der Waals surface area contributed by atoms with E-state index in [1.165, 1.54) is 12.1 Å². The molecule has 37 heavy (non-hydrogen) atoms. The first-order valence-electron chi connectivity index (χ1n) is 12.8. The molecule has 9 heteroatoms. The van der Waals surface area contributed by atoms with Crippen molar-refractivity contribution in [3.63, 3.8) is 0 Å². The minimum atomic E-state index is -0.763. The summed E-state index contributed by atoms with van der Waals surface area (Å²) in [6.07, 6.45) is 0.672. The number of aromatic amines is 1. The Morgan fingerprint density at radius 1 is 1.22 bits per heavy atom. The van der Waals surface area contributed by atoms with Crippen molar-refractivity contribution in [3.05, 3.63) is 64.9 Å². The lowest BCUT2D eigenvalue weighted by atomic mass is 9.87. The first-order chi connectivity index (χ1) is 17.8. The van der Waals surface area contributed by atoms with Gasteiger partial charge in [-0.1, -0.05) is 25.1 Å². The lowest BCUT2D eigenvalue weighted by Crippen LogP contribution is -2.49. The fourth-order valence-corrected chi connectivity index (χ4v) is 5.66. The summed E-state index contributed by atoms with van der Waals surface area (Å²) >= 11 is 0. The number of fused-ring (bicyclic) bond motifs is 3. The van der Waals surface area contributed by atoms with E-state index in [-0.39, 0.29) is 43.1 Å². The van der Waals surface area contributed by atoms with Crippen LogP contribution < -0.4 is 10.5 Å². The molecule has 3 atom stereocenters. The van der Waals surface area contributed by atoms with Gasteiger partial charge in [-0.25, -0.2) is 8.78 Å². The number of benzene rings is 2. The van der Waals surface area contributed by atoms with E-state index < -0.39 is 29.5 Å². The van der Waals surface area contributed by atoms with Crippen LogP contribution in [0, 0.1) is 23.5 Å². The fourth-order valence-electron chi connectivity index (χ4n) is 5.66. The maximum Gasteiger partial charge on any atom is 0.221 e. The van der Waals surface area contributed by atoms with Crippen LogP contribution in [0.1, 0.15) is 36.7 Å². The van der Waals surface area contributed by atoms with Gasteiger partial charge in [0.2, 0.25) is 5.91 Å². The lowest BCUT2D eigenvalue weighted by Gasteiger charge is -2.42. The Hall–Kier alpha value is -3.04. The Balaban J connectivity index is 1.47. The molecule has 5 rings (SSSR count). The topological polar surface area (TPSA) is 74.6 Å². The zero-order chi connectivity index (χ0) is 26.3. The highest BCUT2D eigenvalue weighted by atomic mass is 19.1. The molecule has 0 bridgehead atoms. The molecule has 3 aromatic rings. The molecule has 1 fully saturated rings. The van der Waals surface area contributed by atoms with Gasteiger partial charge in [0.05, 0.1) is 12.7 Å². The number of rotatable bonds is 9. The number of halogens is 3. The zero-order valence-corrected chi connectivity index (χ0v) is 21.1. The van der Waals surface area contributed by atoms with E-state index in [0.717, 1.165) is 22.2 Å². The second-order valence-corrected chi connectivity index (χ2v) is 10.4. The Bertz CT molecular complexity index is 1270. The highest BCUT2D eigenvalue weighted by Gasteiger charge is 2.39. The van der Waals surface area contributed by atoms with Crippen molar-refractivity contribution < 1.29 is 22.7 Å². The number of carbonyl (C=O) groups is 1. The van der Waals surface area contributed by atoms with Crippen molar-refractivity contribution in [1.82, 2.24) is 14.8 Å². The highest BCUT2D eigenvalue weighted by molar-refractivity contribution is 5.85. The number of primary amides is 1. The average Bonchev–Trinajstić information content (AvgIpc) is 3.19. The number of nitrogens with two attached hydrogens (primary N) is 1. The van der Waals surface area contributed by atoms with Crippen LogP contribution in [0.2, 0.25) is 0 Å². The van der Waals surface area contributed by atoms with Crippen LogP contribution in [-0.4, -0.2) is 66.2 Å². The van der Waals surface area contributed by atoms with E-state index in [4.69, 9.17) is 10.5 Å². The third kappa shape index (κ3) is 4.94. The van der Waals surface area contributed by atoms with E-state index >= 15 is 8.78 Å². The molecule has 2 aromatic carbocycles. The van der Waals surface area contributed by atoms with E-state index in [1.54, 1.807) is 6.92 Å². The third-order valence-electron chi connectivity index (χ3n) is 7.74. The zero-order valence-electron chi connectivity index (χ0n) is 21.1. The number of nitrogens with one attached hydrogen (secondary N) is 1. The smallest absolute Gasteiger partial charge is 0.221 e. The maximum atomic E-state index is 15.7. The number of ether oxygens (including phenoxy) is 1. The molecular weight excluding hydrogens is 481 g/mol. The Kier molecular flexibility index (Phi) is 7.18. The molecule has 2 aliphatic rings. The van der Waals surface area contributed by atoms with Crippen LogP contribution >= 0.6 is 0 Å². The van der Waals surface area contributed by atoms with Gasteiger partial charge < -0.3 is 15.5 Å². The lowest BCUT2D eigenvalue weighted by molar-refractivity contribution is -0.122. The Morgan fingerprint density at radius 2 is 1.92 bits per heavy atom. The van der Waals surface area contributed by atoms with Crippen LogP contribution in [0.3, 0.4) is 0 Å². The summed E-state index contributed by atoms with van der Waals surface area (Å²) in [7, 11) is 0. The normalized spacial score (nSPS) is 21.5. The van der Waals surface area contributed by atoms with Gasteiger partial charge in [-0.2, -0.15) is 0 Å². The Morgan fingerprint density at radius 3 is 2.59 bits per heavy atom. The van der Waals surface area contributed by atoms with Crippen molar-refractivity contribution in [3.8, 4) is 5.75 Å². The summed E-state index contributed by atoms with van der Waals surface area (Å²) in [6.45, 7) is 5.84. The second kappa shape index (κ2) is 10.4. The highest BCUT2D eigenvalue weighted by Crippen LogP contribution is 2.43. The van der Waals surface area contributed by atoms with E-state index in [0.29, 0.717) is 26.1 Å². The number of amides is 1. The monoisotopic (exact) mass is 514 g/mol. The summed E-state index contributed by atoms with van der Waals surface area (Å²) < 4.78 is 49.7. The van der Waals surface area contributed by atoms with E-state index in [9.17, 15) is 9.18 Å². The molecule has 3 heterocycles. The van der Waals surface area contributed by atoms with Crippen molar-refractivity contribution in [2.45, 2.75) is 32.4 Å².